The molecule has 12 nitrogen and oxygen atoms in total. The molecule has 0 aliphatic rings. The van der Waals surface area contributed by atoms with E-state index < -0.39 is 0 Å². The summed E-state index contributed by atoms with van der Waals surface area (Å²) in [7, 11) is 0. The minimum atomic E-state index is 0.256. The molecule has 0 saturated heterocycles. The highest BCUT2D eigenvalue weighted by atomic mass is 15.2. The Morgan fingerprint density at radius 2 is 0.255 bits per heavy atom. The van der Waals surface area contributed by atoms with Gasteiger partial charge >= 0.3 is 0 Å². The molecule has 4 heterocycles. The van der Waals surface area contributed by atoms with Crippen LogP contribution in [0.5, 0.6) is 0 Å². The van der Waals surface area contributed by atoms with Crippen LogP contribution in [-0.2, 0) is 0 Å². The molecule has 0 saturated carbocycles. The van der Waals surface area contributed by atoms with Gasteiger partial charge in [0.25, 0.3) is 0 Å². The van der Waals surface area contributed by atoms with Crippen molar-refractivity contribution in [2.24, 2.45) is 0 Å². The minimum Gasteiger partial charge on any atom is -0.311 e. The number of para-hydroxylation sites is 8. The molecule has 94 heavy (non-hydrogen) atoms. The molecule has 16 aromatic rings. The van der Waals surface area contributed by atoms with E-state index in [9.17, 15) is 0 Å². The van der Waals surface area contributed by atoms with Crippen molar-refractivity contribution < 1.29 is 0 Å². The monoisotopic (exact) mass is 1210 g/mol. The maximum absolute atomic E-state index is 5.37. The summed E-state index contributed by atoms with van der Waals surface area (Å²) in [5, 5.41) is 0. The topological polar surface area (TPSA) is 116 Å². The van der Waals surface area contributed by atoms with E-state index in [1.807, 2.05) is 48.5 Å². The second-order valence-corrected chi connectivity index (χ2v) is 22.4. The van der Waals surface area contributed by atoms with Crippen LogP contribution >= 0.6 is 0 Å². The van der Waals surface area contributed by atoms with Gasteiger partial charge in [0.1, 0.15) is 0 Å². The van der Waals surface area contributed by atoms with Gasteiger partial charge in [0, 0.05) is 90.5 Å². The Morgan fingerprint density at radius 3 is 0.404 bits per heavy atom. The van der Waals surface area contributed by atoms with Gasteiger partial charge in [-0.1, -0.05) is 194 Å². The number of rotatable bonds is 16. The van der Waals surface area contributed by atoms with E-state index in [-0.39, 0.29) is 11.3 Å². The van der Waals surface area contributed by atoms with Crippen molar-refractivity contribution in [2.45, 2.75) is 0 Å². The second-order valence-electron chi connectivity index (χ2n) is 22.4. The molecular weight excluding hydrogens is 1150 g/mol. The number of hydrogen-bond acceptors (Lipinski definition) is 12. The molecule has 0 unspecified atom stereocenters. The summed E-state index contributed by atoms with van der Waals surface area (Å²) < 4.78 is 0. The number of hydrogen-bond donors (Lipinski definition) is 0. The molecule has 0 aliphatic carbocycles. The lowest BCUT2D eigenvalue weighted by Gasteiger charge is -2.26. The molecule has 4 aromatic heterocycles. The van der Waals surface area contributed by atoms with Crippen molar-refractivity contribution in [1.82, 2.24) is 39.9 Å². The molecule has 0 spiro atoms. The number of fused-ring (bicyclic) bond motifs is 3. The Morgan fingerprint density at radius 1 is 0.128 bits per heavy atom. The summed E-state index contributed by atoms with van der Waals surface area (Å²) in [5.74, 6) is 0. The van der Waals surface area contributed by atoms with Crippen molar-refractivity contribution in [2.75, 3.05) is 19.6 Å². The first-order valence-electron chi connectivity index (χ1n) is 31.1. The Hall–Kier alpha value is -13.1. The Bertz CT molecular complexity index is 4440. The van der Waals surface area contributed by atoms with E-state index in [1.54, 1.807) is 0 Å². The fourth-order valence-electron chi connectivity index (χ4n) is 12.1. The number of aromatic nitrogens is 8. The highest BCUT2D eigenvalue weighted by Crippen LogP contribution is 2.43. The van der Waals surface area contributed by atoms with Crippen LogP contribution in [0, 0.1) is 0 Å². The Kier molecular flexibility index (Phi) is 15.0. The van der Waals surface area contributed by atoms with Crippen molar-refractivity contribution in [3.8, 4) is 45.0 Å². The smallest absolute Gasteiger partial charge is 0.202 e. The molecular formula is C82H56N12. The van der Waals surface area contributed by atoms with E-state index in [0.717, 1.165) is 90.5 Å². The number of anilines is 12. The van der Waals surface area contributed by atoms with Crippen LogP contribution in [0.4, 0.5) is 68.2 Å². The fourth-order valence-corrected chi connectivity index (χ4v) is 12.1. The molecule has 444 valence electrons. The van der Waals surface area contributed by atoms with E-state index in [4.69, 9.17) is 39.9 Å². The van der Waals surface area contributed by atoms with Gasteiger partial charge in [-0.2, -0.15) is 0 Å². The summed E-state index contributed by atoms with van der Waals surface area (Å²) in [6, 6.07) is 117. The van der Waals surface area contributed by atoms with E-state index >= 15 is 0 Å². The van der Waals surface area contributed by atoms with Crippen LogP contribution in [0.3, 0.4) is 0 Å². The normalized spacial score (nSPS) is 11.2. The molecule has 0 bridgehead atoms. The van der Waals surface area contributed by atoms with Gasteiger partial charge in [0.2, 0.25) is 33.9 Å². The molecule has 0 aliphatic heterocycles. The zero-order valence-corrected chi connectivity index (χ0v) is 50.7. The zero-order chi connectivity index (χ0) is 62.6. The lowest BCUT2D eigenvalue weighted by Crippen LogP contribution is -2.10. The predicted molar refractivity (Wildman–Crippen MR) is 382 cm³/mol. The third-order valence-electron chi connectivity index (χ3n) is 16.5. The fraction of sp³-hybridized carbons (Fsp3) is 0. The summed E-state index contributed by atoms with van der Waals surface area (Å²) in [6.45, 7) is 0. The minimum absolute atomic E-state index is 0.256. The highest BCUT2D eigenvalue weighted by molar-refractivity contribution is 5.92. The number of nitrogens with zero attached hydrogens (tertiary/aromatic N) is 12. The van der Waals surface area contributed by atoms with Crippen molar-refractivity contribution in [3.05, 3.63) is 340 Å². The first-order chi connectivity index (χ1) is 46.6. The average Bonchev–Trinajstić information content (AvgIpc) is 0.758. The maximum Gasteiger partial charge on any atom is 0.202 e. The lowest BCUT2D eigenvalue weighted by atomic mass is 10.0. The van der Waals surface area contributed by atoms with Crippen LogP contribution in [0.1, 0.15) is 0 Å². The first kappa shape index (κ1) is 56.2. The molecule has 0 fully saturated rings. The quantitative estimate of drug-likeness (QED) is 0.0858. The maximum atomic E-state index is 5.37. The molecule has 0 N–H and O–H groups in total. The predicted octanol–water partition coefficient (Wildman–Crippen LogP) is 20.9. The zero-order valence-electron chi connectivity index (χ0n) is 50.7. The van der Waals surface area contributed by atoms with Gasteiger partial charge in [-0.15, -0.1) is 0 Å². The molecule has 0 amide bonds. The molecule has 0 radical (unpaired) electrons. The highest BCUT2D eigenvalue weighted by Gasteiger charge is 2.23. The summed E-state index contributed by atoms with van der Waals surface area (Å²) in [6.07, 6.45) is 0. The average molecular weight is 1210 g/mol. The Labute approximate surface area is 543 Å². The van der Waals surface area contributed by atoms with Gasteiger partial charge in [-0.05, 0) is 146 Å². The molecule has 16 rings (SSSR count). The molecule has 12 heteroatoms. The first-order valence-corrected chi connectivity index (χ1v) is 31.1. The third kappa shape index (κ3) is 11.2. The van der Waals surface area contributed by atoms with Crippen LogP contribution < -0.4 is 19.6 Å². The molecule has 0 atom stereocenters. The van der Waals surface area contributed by atoms with E-state index in [1.165, 1.54) is 0 Å². The summed E-state index contributed by atoms with van der Waals surface area (Å²) >= 11 is 0. The van der Waals surface area contributed by atoms with Crippen LogP contribution in [0.2, 0.25) is 0 Å². The molecule has 12 aromatic carbocycles. The van der Waals surface area contributed by atoms with Crippen molar-refractivity contribution in [3.63, 3.8) is 0 Å². The third-order valence-corrected chi connectivity index (χ3v) is 16.5. The lowest BCUT2D eigenvalue weighted by molar-refractivity contribution is 1.13. The number of benzene rings is 12. The van der Waals surface area contributed by atoms with Gasteiger partial charge < -0.3 is 19.6 Å². The van der Waals surface area contributed by atoms with Crippen LogP contribution in [-0.4, -0.2) is 39.9 Å². The van der Waals surface area contributed by atoms with E-state index in [2.05, 4.69) is 311 Å². The largest absolute Gasteiger partial charge is 0.311 e. The van der Waals surface area contributed by atoms with E-state index in [0.29, 0.717) is 45.4 Å². The SMILES string of the molecule is c1ccc(N(c2ccccc2)c2ccc(-c3nc4nc5nc6nc(-c7ccc(N(c8ccccc8)c8ccccc8)cc7)c(-c7ccc(N(c8ccccc8)c8ccccc8)cc7)nc6nc5nc4nc3-c3ccc(N(c4ccccc4)c4ccccc4)cc3)cc2)cc1. The van der Waals surface area contributed by atoms with Gasteiger partial charge in [0.15, 0.2) is 0 Å². The second kappa shape index (κ2) is 25.1. The van der Waals surface area contributed by atoms with Gasteiger partial charge in [-0.3, -0.25) is 0 Å². The van der Waals surface area contributed by atoms with Crippen LogP contribution in [0.25, 0.3) is 78.9 Å². The van der Waals surface area contributed by atoms with Crippen LogP contribution in [0.15, 0.2) is 340 Å². The standard InChI is InChI=1S/C82H56N12/c1-9-25-61(26-10-1)91(62-27-11-2-12-28-62)69-49-41-57(42-50-69)73-74(58-43-51-70(52-44-58)92(63-29-13-3-14-30-63)64-31-15-4-16-32-64)84-78-77(83-73)87-81-82(88-78)90-80-79(89-81)85-75(59-45-53-71(54-46-59)93(65-33-17-5-18-34-65)66-35-19-6-20-36-66)76(86-80)60-47-55-72(56-48-60)94(67-37-21-7-22-38-67)68-39-23-8-24-40-68/h1-56H. The summed E-state index contributed by atoms with van der Waals surface area (Å²) in [5.41, 5.74) is 19.8. The van der Waals surface area contributed by atoms with Crippen molar-refractivity contribution in [1.29, 1.82) is 0 Å². The summed E-state index contributed by atoms with van der Waals surface area (Å²) in [4.78, 5) is 50.9. The van der Waals surface area contributed by atoms with Gasteiger partial charge in [-0.25, -0.2) is 39.9 Å². The Balaban J connectivity index is 0.840. The van der Waals surface area contributed by atoms with Gasteiger partial charge in [0.05, 0.1) is 22.8 Å². The van der Waals surface area contributed by atoms with Crippen molar-refractivity contribution >= 4 is 102 Å².